The van der Waals surface area contributed by atoms with Crippen LogP contribution in [0.5, 0.6) is 11.5 Å². The van der Waals surface area contributed by atoms with Crippen molar-refractivity contribution < 1.29 is 19.5 Å². The highest BCUT2D eigenvalue weighted by molar-refractivity contribution is 6.42. The van der Waals surface area contributed by atoms with Crippen LogP contribution in [0, 0.1) is 0 Å². The summed E-state index contributed by atoms with van der Waals surface area (Å²) >= 11 is 12.0. The van der Waals surface area contributed by atoms with Gasteiger partial charge >= 0.3 is 0 Å². The SMILES string of the molecule is O=C1C(=Cc2ccc(Cl)c(Cl)c2)Oc2c1ccc([O-])c2C[NH+]1CCCC1. The van der Waals surface area contributed by atoms with Crippen molar-refractivity contribution in [2.75, 3.05) is 13.1 Å². The van der Waals surface area contributed by atoms with Gasteiger partial charge in [-0.15, -0.1) is 0 Å². The number of carbonyl (C=O) groups excluding carboxylic acids is 1. The molecule has 134 valence electrons. The van der Waals surface area contributed by atoms with Gasteiger partial charge in [-0.2, -0.15) is 0 Å². The number of fused-ring (bicyclic) bond motifs is 1. The molecule has 4 rings (SSSR count). The molecule has 2 aliphatic rings. The topological polar surface area (TPSA) is 53.8 Å². The van der Waals surface area contributed by atoms with Crippen molar-refractivity contribution in [1.82, 2.24) is 0 Å². The number of allylic oxidation sites excluding steroid dienone is 1. The second kappa shape index (κ2) is 6.95. The Hall–Kier alpha value is -2.01. The molecular weight excluding hydrogens is 373 g/mol. The molecule has 0 radical (unpaired) electrons. The van der Waals surface area contributed by atoms with E-state index in [1.807, 2.05) is 0 Å². The Morgan fingerprint density at radius 2 is 1.88 bits per heavy atom. The van der Waals surface area contributed by atoms with Crippen LogP contribution in [-0.4, -0.2) is 18.9 Å². The highest BCUT2D eigenvalue weighted by Gasteiger charge is 2.31. The molecule has 2 aromatic carbocycles. The van der Waals surface area contributed by atoms with Gasteiger partial charge < -0.3 is 14.7 Å². The van der Waals surface area contributed by atoms with Crippen LogP contribution in [0.4, 0.5) is 0 Å². The highest BCUT2D eigenvalue weighted by Crippen LogP contribution is 2.38. The first kappa shape index (κ1) is 17.4. The molecule has 0 aromatic heterocycles. The average Bonchev–Trinajstić information content (AvgIpc) is 3.23. The smallest absolute Gasteiger partial charge is 0.231 e. The molecule has 1 saturated heterocycles. The summed E-state index contributed by atoms with van der Waals surface area (Å²) in [5.41, 5.74) is 1.75. The van der Waals surface area contributed by atoms with Crippen molar-refractivity contribution in [2.24, 2.45) is 0 Å². The molecule has 0 aliphatic carbocycles. The molecule has 0 atom stereocenters. The second-order valence-corrected chi connectivity index (χ2v) is 7.48. The summed E-state index contributed by atoms with van der Waals surface area (Å²) in [6.45, 7) is 2.68. The van der Waals surface area contributed by atoms with Crippen LogP contribution in [-0.2, 0) is 6.54 Å². The molecule has 2 heterocycles. The summed E-state index contributed by atoms with van der Waals surface area (Å²) in [4.78, 5) is 14.0. The summed E-state index contributed by atoms with van der Waals surface area (Å²) < 4.78 is 5.84. The van der Waals surface area contributed by atoms with E-state index in [1.54, 1.807) is 30.3 Å². The number of likely N-dealkylation sites (tertiary alicyclic amines) is 1. The number of quaternary nitrogens is 1. The van der Waals surface area contributed by atoms with Gasteiger partial charge in [0.25, 0.3) is 0 Å². The predicted octanol–water partition coefficient (Wildman–Crippen LogP) is 2.86. The molecule has 4 nitrogen and oxygen atoms in total. The molecule has 1 fully saturated rings. The maximum absolute atomic E-state index is 12.7. The van der Waals surface area contributed by atoms with Crippen LogP contribution >= 0.6 is 23.2 Å². The zero-order valence-corrected chi connectivity index (χ0v) is 15.5. The standard InChI is InChI=1S/C20H17Cl2NO3/c21-15-5-3-12(9-16(15)22)10-18-19(25)13-4-6-17(24)14(20(13)26-18)11-23-7-1-2-8-23/h3-6,9-10,24H,1-2,7-8,11H2. The number of halogens is 2. The lowest BCUT2D eigenvalue weighted by Gasteiger charge is -2.19. The number of hydrogen-bond acceptors (Lipinski definition) is 3. The molecule has 6 heteroatoms. The summed E-state index contributed by atoms with van der Waals surface area (Å²) in [6.07, 6.45) is 3.96. The number of carbonyl (C=O) groups is 1. The van der Waals surface area contributed by atoms with Gasteiger partial charge in [0, 0.05) is 18.4 Å². The van der Waals surface area contributed by atoms with E-state index in [9.17, 15) is 9.90 Å². The Morgan fingerprint density at radius 3 is 2.62 bits per heavy atom. The first-order valence-corrected chi connectivity index (χ1v) is 9.34. The summed E-state index contributed by atoms with van der Waals surface area (Å²) in [5, 5.41) is 13.2. The van der Waals surface area contributed by atoms with Gasteiger partial charge in [-0.1, -0.05) is 41.1 Å². The number of ether oxygens (including phenoxy) is 1. The maximum Gasteiger partial charge on any atom is 0.231 e. The molecule has 0 unspecified atom stereocenters. The lowest BCUT2D eigenvalue weighted by Crippen LogP contribution is -3.08. The first-order valence-electron chi connectivity index (χ1n) is 8.58. The molecule has 0 saturated carbocycles. The van der Waals surface area contributed by atoms with Crippen molar-refractivity contribution in [3.05, 3.63) is 62.8 Å². The number of nitrogens with one attached hydrogen (secondary N) is 1. The Bertz CT molecular complexity index is 918. The van der Waals surface area contributed by atoms with Crippen LogP contribution in [0.1, 0.15) is 34.3 Å². The third-order valence-electron chi connectivity index (χ3n) is 4.88. The second-order valence-electron chi connectivity index (χ2n) is 6.67. The Morgan fingerprint density at radius 1 is 1.12 bits per heavy atom. The molecular formula is C20H17Cl2NO3. The van der Waals surface area contributed by atoms with Crippen molar-refractivity contribution in [2.45, 2.75) is 19.4 Å². The molecule has 2 aromatic rings. The van der Waals surface area contributed by atoms with Gasteiger partial charge in [0.05, 0.1) is 28.7 Å². The third kappa shape index (κ3) is 3.20. The number of rotatable bonds is 3. The Kier molecular flexibility index (Phi) is 4.65. The quantitative estimate of drug-likeness (QED) is 0.821. The van der Waals surface area contributed by atoms with E-state index in [2.05, 4.69) is 0 Å². The third-order valence-corrected chi connectivity index (χ3v) is 5.62. The van der Waals surface area contributed by atoms with Crippen LogP contribution in [0.3, 0.4) is 0 Å². The highest BCUT2D eigenvalue weighted by atomic mass is 35.5. The molecule has 0 bridgehead atoms. The van der Waals surface area contributed by atoms with E-state index in [4.69, 9.17) is 27.9 Å². The minimum Gasteiger partial charge on any atom is -0.872 e. The first-order chi connectivity index (χ1) is 12.5. The minimum absolute atomic E-state index is 0.0771. The van der Waals surface area contributed by atoms with Gasteiger partial charge in [0.2, 0.25) is 5.78 Å². The number of ketones is 1. The molecule has 1 N–H and O–H groups in total. The summed E-state index contributed by atoms with van der Waals surface area (Å²) in [5.74, 6) is 0.311. The molecule has 2 aliphatic heterocycles. The Balaban J connectivity index is 1.68. The van der Waals surface area contributed by atoms with E-state index in [0.717, 1.165) is 13.1 Å². The van der Waals surface area contributed by atoms with Gasteiger partial charge in [-0.05, 0) is 29.8 Å². The van der Waals surface area contributed by atoms with E-state index in [1.165, 1.54) is 23.8 Å². The Labute approximate surface area is 161 Å². The fourth-order valence-corrected chi connectivity index (χ4v) is 3.82. The molecule has 0 amide bonds. The summed E-state index contributed by atoms with van der Waals surface area (Å²) in [6, 6.07) is 8.12. The van der Waals surface area contributed by atoms with E-state index in [-0.39, 0.29) is 17.3 Å². The largest absolute Gasteiger partial charge is 0.872 e. The summed E-state index contributed by atoms with van der Waals surface area (Å²) in [7, 11) is 0. The van der Waals surface area contributed by atoms with Crippen molar-refractivity contribution in [1.29, 1.82) is 0 Å². The zero-order valence-electron chi connectivity index (χ0n) is 14.0. The van der Waals surface area contributed by atoms with Crippen LogP contribution in [0.25, 0.3) is 6.08 Å². The van der Waals surface area contributed by atoms with Crippen molar-refractivity contribution >= 4 is 35.1 Å². The minimum atomic E-state index is -0.219. The van der Waals surface area contributed by atoms with Gasteiger partial charge in [-0.3, -0.25) is 4.79 Å². The number of hydrogen-bond donors (Lipinski definition) is 1. The fourth-order valence-electron chi connectivity index (χ4n) is 3.51. The maximum atomic E-state index is 12.7. The van der Waals surface area contributed by atoms with Crippen molar-refractivity contribution in [3.8, 4) is 11.5 Å². The lowest BCUT2D eigenvalue weighted by atomic mass is 10.0. The van der Waals surface area contributed by atoms with E-state index < -0.39 is 0 Å². The predicted molar refractivity (Wildman–Crippen MR) is 98.9 cm³/mol. The number of Topliss-reactive ketones (excluding diaryl/α,β-unsaturated/α-hetero) is 1. The van der Waals surface area contributed by atoms with Gasteiger partial charge in [-0.25, -0.2) is 0 Å². The molecule has 26 heavy (non-hydrogen) atoms. The monoisotopic (exact) mass is 389 g/mol. The van der Waals surface area contributed by atoms with Gasteiger partial charge in [0.15, 0.2) is 5.76 Å². The fraction of sp³-hybridized carbons (Fsp3) is 0.250. The van der Waals surface area contributed by atoms with Gasteiger partial charge in [0.1, 0.15) is 12.3 Å². The van der Waals surface area contributed by atoms with E-state index >= 15 is 0 Å². The van der Waals surface area contributed by atoms with Crippen LogP contribution in [0.15, 0.2) is 36.1 Å². The average molecular weight is 390 g/mol. The normalized spacial score (nSPS) is 18.4. The number of benzene rings is 2. The van der Waals surface area contributed by atoms with E-state index in [0.29, 0.717) is 39.0 Å². The van der Waals surface area contributed by atoms with Crippen molar-refractivity contribution in [3.63, 3.8) is 0 Å². The van der Waals surface area contributed by atoms with Crippen LogP contribution in [0.2, 0.25) is 10.0 Å². The lowest BCUT2D eigenvalue weighted by molar-refractivity contribution is -0.901. The molecule has 0 spiro atoms. The van der Waals surface area contributed by atoms with Crippen LogP contribution < -0.4 is 14.7 Å². The zero-order chi connectivity index (χ0) is 18.3.